The Morgan fingerprint density at radius 2 is 1.85 bits per heavy atom. The monoisotopic (exact) mass is 366 g/mol. The van der Waals surface area contributed by atoms with Gasteiger partial charge in [0, 0.05) is 17.0 Å². The van der Waals surface area contributed by atoms with E-state index in [1.54, 1.807) is 30.3 Å². The van der Waals surface area contributed by atoms with Crippen LogP contribution in [-0.2, 0) is 9.53 Å². The molecular weight excluding hydrogens is 348 g/mol. The number of benzene rings is 2. The number of furan rings is 1. The standard InChI is InChI=1S/C21H18O6/c1-24-18-9-5-7-14(21(18)25-2)10-11-20(23)26-13-16(22)19-12-15-6-3-4-8-17(15)27-19/h3-12H,13H2,1-2H3. The van der Waals surface area contributed by atoms with Gasteiger partial charge >= 0.3 is 5.97 Å². The van der Waals surface area contributed by atoms with Crippen LogP contribution in [0.1, 0.15) is 16.1 Å². The zero-order valence-electron chi connectivity index (χ0n) is 14.9. The van der Waals surface area contributed by atoms with Gasteiger partial charge in [-0.15, -0.1) is 0 Å². The van der Waals surface area contributed by atoms with Crippen molar-refractivity contribution in [3.05, 3.63) is 65.9 Å². The lowest BCUT2D eigenvalue weighted by Crippen LogP contribution is -2.11. The lowest BCUT2D eigenvalue weighted by Gasteiger charge is -2.09. The molecule has 0 saturated carbocycles. The molecule has 0 bridgehead atoms. The molecule has 0 spiro atoms. The Bertz CT molecular complexity index is 966. The van der Waals surface area contributed by atoms with Gasteiger partial charge < -0.3 is 18.6 Å². The molecule has 0 unspecified atom stereocenters. The highest BCUT2D eigenvalue weighted by atomic mass is 16.5. The number of ether oxygens (including phenoxy) is 3. The van der Waals surface area contributed by atoms with E-state index in [0.717, 1.165) is 5.39 Å². The highest BCUT2D eigenvalue weighted by molar-refractivity contribution is 5.99. The SMILES string of the molecule is COc1cccc(C=CC(=O)OCC(=O)c2cc3ccccc3o2)c1OC. The minimum absolute atomic E-state index is 0.155. The Hall–Kier alpha value is -3.54. The number of fused-ring (bicyclic) bond motifs is 1. The summed E-state index contributed by atoms with van der Waals surface area (Å²) in [5, 5.41) is 0.817. The van der Waals surface area contributed by atoms with E-state index in [0.29, 0.717) is 22.6 Å². The number of rotatable bonds is 7. The van der Waals surface area contributed by atoms with Gasteiger partial charge in [-0.25, -0.2) is 4.79 Å². The highest BCUT2D eigenvalue weighted by Crippen LogP contribution is 2.31. The summed E-state index contributed by atoms with van der Waals surface area (Å²) in [6.45, 7) is -0.405. The van der Waals surface area contributed by atoms with Gasteiger partial charge in [-0.05, 0) is 24.3 Å². The molecule has 0 atom stereocenters. The molecule has 0 radical (unpaired) electrons. The van der Waals surface area contributed by atoms with Gasteiger partial charge in [-0.2, -0.15) is 0 Å². The van der Waals surface area contributed by atoms with Crippen molar-refractivity contribution >= 4 is 28.8 Å². The molecule has 6 nitrogen and oxygen atoms in total. The van der Waals surface area contributed by atoms with Gasteiger partial charge in [-0.3, -0.25) is 4.79 Å². The molecule has 2 aromatic carbocycles. The normalized spacial score (nSPS) is 10.9. The van der Waals surface area contributed by atoms with Crippen LogP contribution < -0.4 is 9.47 Å². The summed E-state index contributed by atoms with van der Waals surface area (Å²) in [6, 6.07) is 14.2. The molecule has 0 fully saturated rings. The largest absolute Gasteiger partial charge is 0.493 e. The van der Waals surface area contributed by atoms with Crippen molar-refractivity contribution in [2.24, 2.45) is 0 Å². The van der Waals surface area contributed by atoms with Crippen LogP contribution in [0.25, 0.3) is 17.0 Å². The van der Waals surface area contributed by atoms with E-state index < -0.39 is 18.4 Å². The van der Waals surface area contributed by atoms with Crippen LogP contribution in [-0.4, -0.2) is 32.6 Å². The van der Waals surface area contributed by atoms with E-state index in [-0.39, 0.29) is 5.76 Å². The first kappa shape index (κ1) is 18.3. The van der Waals surface area contributed by atoms with E-state index in [1.165, 1.54) is 26.4 Å². The van der Waals surface area contributed by atoms with Crippen LogP contribution in [0, 0.1) is 0 Å². The second kappa shape index (κ2) is 8.23. The Morgan fingerprint density at radius 1 is 1.04 bits per heavy atom. The highest BCUT2D eigenvalue weighted by Gasteiger charge is 2.14. The molecule has 0 amide bonds. The summed E-state index contributed by atoms with van der Waals surface area (Å²) in [5.74, 6) is 0.147. The number of ketones is 1. The van der Waals surface area contributed by atoms with Crippen molar-refractivity contribution < 1.29 is 28.2 Å². The maximum Gasteiger partial charge on any atom is 0.331 e. The fourth-order valence-electron chi connectivity index (χ4n) is 2.58. The van der Waals surface area contributed by atoms with E-state index in [4.69, 9.17) is 18.6 Å². The fraction of sp³-hybridized carbons (Fsp3) is 0.143. The minimum Gasteiger partial charge on any atom is -0.493 e. The van der Waals surface area contributed by atoms with Crippen LogP contribution in [0.5, 0.6) is 11.5 Å². The number of methoxy groups -OCH3 is 2. The second-order valence-corrected chi connectivity index (χ2v) is 5.60. The quantitative estimate of drug-likeness (QED) is 0.359. The van der Waals surface area contributed by atoms with Gasteiger partial charge in [-0.1, -0.05) is 30.3 Å². The summed E-state index contributed by atoms with van der Waals surface area (Å²) in [6.07, 6.45) is 2.76. The molecule has 0 N–H and O–H groups in total. The van der Waals surface area contributed by atoms with Crippen molar-refractivity contribution in [1.82, 2.24) is 0 Å². The Morgan fingerprint density at radius 3 is 2.59 bits per heavy atom. The van der Waals surface area contributed by atoms with Crippen molar-refractivity contribution in [2.45, 2.75) is 0 Å². The maximum atomic E-state index is 12.1. The number of hydrogen-bond donors (Lipinski definition) is 0. The van der Waals surface area contributed by atoms with E-state index >= 15 is 0 Å². The summed E-state index contributed by atoms with van der Waals surface area (Å²) >= 11 is 0. The fourth-order valence-corrected chi connectivity index (χ4v) is 2.58. The predicted molar refractivity (Wildman–Crippen MR) is 100 cm³/mol. The first-order valence-electron chi connectivity index (χ1n) is 8.20. The zero-order valence-corrected chi connectivity index (χ0v) is 14.9. The Balaban J connectivity index is 1.62. The lowest BCUT2D eigenvalue weighted by molar-refractivity contribution is -0.136. The molecule has 0 aliphatic heterocycles. The molecule has 1 aromatic heterocycles. The Kier molecular flexibility index (Phi) is 5.56. The van der Waals surface area contributed by atoms with Gasteiger partial charge in [0.25, 0.3) is 0 Å². The van der Waals surface area contributed by atoms with E-state index in [1.807, 2.05) is 18.2 Å². The van der Waals surface area contributed by atoms with E-state index in [2.05, 4.69) is 0 Å². The predicted octanol–water partition coefficient (Wildman–Crippen LogP) is 3.89. The zero-order chi connectivity index (χ0) is 19.2. The first-order valence-corrected chi connectivity index (χ1v) is 8.20. The Labute approximate surface area is 155 Å². The van der Waals surface area contributed by atoms with E-state index in [9.17, 15) is 9.59 Å². The van der Waals surface area contributed by atoms with Crippen LogP contribution >= 0.6 is 0 Å². The van der Waals surface area contributed by atoms with Gasteiger partial charge in [0.05, 0.1) is 14.2 Å². The van der Waals surface area contributed by atoms with Gasteiger partial charge in [0.15, 0.2) is 23.9 Å². The average Bonchev–Trinajstić information content (AvgIpc) is 3.14. The van der Waals surface area contributed by atoms with Gasteiger partial charge in [0.1, 0.15) is 5.58 Å². The summed E-state index contributed by atoms with van der Waals surface area (Å²) in [7, 11) is 3.04. The molecule has 138 valence electrons. The molecule has 0 saturated heterocycles. The number of carbonyl (C=O) groups is 2. The summed E-state index contributed by atoms with van der Waals surface area (Å²) in [4.78, 5) is 24.1. The third-order valence-corrected chi connectivity index (χ3v) is 3.88. The number of Topliss-reactive ketones (excluding diaryl/α,β-unsaturated/α-hetero) is 1. The number of para-hydroxylation sites is 2. The van der Waals surface area contributed by atoms with Gasteiger partial charge in [0.2, 0.25) is 5.78 Å². The number of hydrogen-bond acceptors (Lipinski definition) is 6. The molecule has 3 rings (SSSR count). The number of carbonyl (C=O) groups excluding carboxylic acids is 2. The molecule has 1 heterocycles. The molecule has 3 aromatic rings. The molecule has 27 heavy (non-hydrogen) atoms. The molecule has 6 heteroatoms. The third kappa shape index (κ3) is 4.17. The summed E-state index contributed by atoms with van der Waals surface area (Å²) in [5.41, 5.74) is 1.26. The third-order valence-electron chi connectivity index (χ3n) is 3.88. The first-order chi connectivity index (χ1) is 13.1. The van der Waals surface area contributed by atoms with Crippen LogP contribution in [0.2, 0.25) is 0 Å². The molecule has 0 aliphatic rings. The minimum atomic E-state index is -0.649. The van der Waals surface area contributed by atoms with Crippen LogP contribution in [0.3, 0.4) is 0 Å². The second-order valence-electron chi connectivity index (χ2n) is 5.60. The topological polar surface area (TPSA) is 75.0 Å². The van der Waals surface area contributed by atoms with Crippen molar-refractivity contribution in [3.8, 4) is 11.5 Å². The van der Waals surface area contributed by atoms with Crippen molar-refractivity contribution in [1.29, 1.82) is 0 Å². The van der Waals surface area contributed by atoms with Crippen LogP contribution in [0.15, 0.2) is 59.0 Å². The van der Waals surface area contributed by atoms with Crippen LogP contribution in [0.4, 0.5) is 0 Å². The maximum absolute atomic E-state index is 12.1. The molecule has 0 aliphatic carbocycles. The smallest absolute Gasteiger partial charge is 0.331 e. The average molecular weight is 366 g/mol. The lowest BCUT2D eigenvalue weighted by atomic mass is 10.1. The number of esters is 1. The van der Waals surface area contributed by atoms with Crippen molar-refractivity contribution in [2.75, 3.05) is 20.8 Å². The summed E-state index contributed by atoms with van der Waals surface area (Å²) < 4.78 is 21.0. The molecular formula is C21H18O6. The van der Waals surface area contributed by atoms with Crippen molar-refractivity contribution in [3.63, 3.8) is 0 Å².